The standard InChI is InChI=1S/C13H22N4O4/c1-5-9(6-2)10(18)7-14-13(19)12-11(17(20)21)8(3)15-16(12)4/h9-10,18H,5-7H2,1-4H3,(H,14,19). The molecule has 1 rings (SSSR count). The Morgan fingerprint density at radius 2 is 2.05 bits per heavy atom. The molecule has 0 aromatic carbocycles. The molecule has 0 saturated heterocycles. The summed E-state index contributed by atoms with van der Waals surface area (Å²) in [6, 6.07) is 0. The van der Waals surface area contributed by atoms with Gasteiger partial charge in [0.1, 0.15) is 5.69 Å². The molecule has 0 spiro atoms. The summed E-state index contributed by atoms with van der Waals surface area (Å²) in [4.78, 5) is 22.5. The molecule has 1 amide bonds. The molecule has 8 heteroatoms. The van der Waals surface area contributed by atoms with E-state index in [4.69, 9.17) is 0 Å². The second kappa shape index (κ2) is 7.16. The highest BCUT2D eigenvalue weighted by molar-refractivity contribution is 5.96. The van der Waals surface area contributed by atoms with Crippen molar-refractivity contribution in [1.29, 1.82) is 0 Å². The number of aryl methyl sites for hydroxylation is 2. The van der Waals surface area contributed by atoms with Crippen LogP contribution in [0.25, 0.3) is 0 Å². The Kier molecular flexibility index (Phi) is 5.83. The fourth-order valence-corrected chi connectivity index (χ4v) is 2.40. The van der Waals surface area contributed by atoms with Gasteiger partial charge in [0.05, 0.1) is 11.0 Å². The third-order valence-electron chi connectivity index (χ3n) is 3.65. The Bertz CT molecular complexity index is 522. The van der Waals surface area contributed by atoms with Gasteiger partial charge >= 0.3 is 5.69 Å². The summed E-state index contributed by atoms with van der Waals surface area (Å²) in [6.45, 7) is 5.48. The number of nitrogens with one attached hydrogen (secondary N) is 1. The minimum absolute atomic E-state index is 0.0621. The van der Waals surface area contributed by atoms with E-state index in [0.717, 1.165) is 12.8 Å². The first-order valence-electron chi connectivity index (χ1n) is 6.97. The number of nitro groups is 1. The molecule has 1 aromatic heterocycles. The van der Waals surface area contributed by atoms with Gasteiger partial charge in [-0.05, 0) is 12.8 Å². The van der Waals surface area contributed by atoms with E-state index < -0.39 is 16.9 Å². The van der Waals surface area contributed by atoms with Gasteiger partial charge in [-0.3, -0.25) is 19.6 Å². The van der Waals surface area contributed by atoms with E-state index in [1.165, 1.54) is 18.7 Å². The number of hydrogen-bond donors (Lipinski definition) is 2. The number of aromatic nitrogens is 2. The highest BCUT2D eigenvalue weighted by atomic mass is 16.6. The molecule has 0 bridgehead atoms. The molecule has 0 saturated carbocycles. The van der Waals surface area contributed by atoms with Gasteiger partial charge in [-0.2, -0.15) is 5.10 Å². The summed E-state index contributed by atoms with van der Waals surface area (Å²) < 4.78 is 1.19. The minimum Gasteiger partial charge on any atom is -0.391 e. The molecule has 0 aliphatic carbocycles. The maximum atomic E-state index is 12.1. The Labute approximate surface area is 123 Å². The number of nitrogens with zero attached hydrogens (tertiary/aromatic N) is 3. The summed E-state index contributed by atoms with van der Waals surface area (Å²) in [5, 5.41) is 27.5. The predicted octanol–water partition coefficient (Wildman–Crippen LogP) is 1.16. The minimum atomic E-state index is -0.669. The van der Waals surface area contributed by atoms with Crippen LogP contribution in [0.4, 0.5) is 5.69 Å². The lowest BCUT2D eigenvalue weighted by Gasteiger charge is -2.20. The van der Waals surface area contributed by atoms with Crippen molar-refractivity contribution < 1.29 is 14.8 Å². The predicted molar refractivity (Wildman–Crippen MR) is 77.0 cm³/mol. The van der Waals surface area contributed by atoms with Crippen LogP contribution in [0, 0.1) is 23.0 Å². The molecule has 2 N–H and O–H groups in total. The first-order chi connectivity index (χ1) is 9.83. The molecule has 118 valence electrons. The first kappa shape index (κ1) is 17.1. The third-order valence-corrected chi connectivity index (χ3v) is 3.65. The van der Waals surface area contributed by atoms with Crippen molar-refractivity contribution in [3.8, 4) is 0 Å². The van der Waals surface area contributed by atoms with Crippen LogP contribution in [0.3, 0.4) is 0 Å². The normalized spacial score (nSPS) is 12.5. The van der Waals surface area contributed by atoms with Crippen molar-refractivity contribution in [3.63, 3.8) is 0 Å². The summed E-state index contributed by atoms with van der Waals surface area (Å²) in [6.07, 6.45) is 0.939. The number of carbonyl (C=O) groups is 1. The van der Waals surface area contributed by atoms with Gasteiger partial charge in [0, 0.05) is 13.6 Å². The van der Waals surface area contributed by atoms with Gasteiger partial charge in [-0.1, -0.05) is 26.7 Å². The lowest BCUT2D eigenvalue weighted by atomic mass is 9.96. The van der Waals surface area contributed by atoms with E-state index in [-0.39, 0.29) is 29.5 Å². The maximum absolute atomic E-state index is 12.1. The second-order valence-electron chi connectivity index (χ2n) is 5.02. The lowest BCUT2D eigenvalue weighted by molar-refractivity contribution is -0.385. The lowest BCUT2D eigenvalue weighted by Crippen LogP contribution is -2.37. The van der Waals surface area contributed by atoms with Crippen molar-refractivity contribution in [2.24, 2.45) is 13.0 Å². The molecule has 1 heterocycles. The number of amides is 1. The average molecular weight is 298 g/mol. The van der Waals surface area contributed by atoms with Crippen molar-refractivity contribution in [3.05, 3.63) is 21.5 Å². The van der Waals surface area contributed by atoms with Gasteiger partial charge in [0.15, 0.2) is 0 Å². The quantitative estimate of drug-likeness (QED) is 0.580. The maximum Gasteiger partial charge on any atom is 0.322 e. The molecule has 1 atom stereocenters. The molecule has 0 aliphatic rings. The molecule has 21 heavy (non-hydrogen) atoms. The molecular weight excluding hydrogens is 276 g/mol. The van der Waals surface area contributed by atoms with Crippen LogP contribution in [-0.2, 0) is 7.05 Å². The van der Waals surface area contributed by atoms with Crippen LogP contribution in [0.5, 0.6) is 0 Å². The zero-order valence-electron chi connectivity index (χ0n) is 12.8. The summed E-state index contributed by atoms with van der Waals surface area (Å²) >= 11 is 0. The highest BCUT2D eigenvalue weighted by Gasteiger charge is 2.29. The number of rotatable bonds is 7. The molecule has 0 radical (unpaired) electrons. The number of carbonyl (C=O) groups excluding carboxylic acids is 1. The van der Waals surface area contributed by atoms with Crippen LogP contribution in [0.15, 0.2) is 0 Å². The van der Waals surface area contributed by atoms with Gasteiger partial charge in [-0.15, -0.1) is 0 Å². The number of aliphatic hydroxyl groups is 1. The molecule has 1 unspecified atom stereocenters. The average Bonchev–Trinajstić information content (AvgIpc) is 2.72. The van der Waals surface area contributed by atoms with E-state index in [0.29, 0.717) is 0 Å². The van der Waals surface area contributed by atoms with E-state index >= 15 is 0 Å². The largest absolute Gasteiger partial charge is 0.391 e. The van der Waals surface area contributed by atoms with Gasteiger partial charge in [0.25, 0.3) is 5.91 Å². The van der Waals surface area contributed by atoms with Crippen molar-refractivity contribution in [2.45, 2.75) is 39.7 Å². The monoisotopic (exact) mass is 298 g/mol. The van der Waals surface area contributed by atoms with Crippen molar-refractivity contribution in [2.75, 3.05) is 6.54 Å². The van der Waals surface area contributed by atoms with Gasteiger partial charge in [0.2, 0.25) is 5.69 Å². The summed E-state index contributed by atoms with van der Waals surface area (Å²) in [5.41, 5.74) is -0.213. The molecule has 0 fully saturated rings. The Morgan fingerprint density at radius 3 is 2.52 bits per heavy atom. The third kappa shape index (κ3) is 3.78. The van der Waals surface area contributed by atoms with Gasteiger partial charge in [-0.25, -0.2) is 0 Å². The topological polar surface area (TPSA) is 110 Å². The zero-order chi connectivity index (χ0) is 16.2. The van der Waals surface area contributed by atoms with Gasteiger partial charge < -0.3 is 10.4 Å². The summed E-state index contributed by atoms with van der Waals surface area (Å²) in [7, 11) is 1.48. The Hall–Kier alpha value is -1.96. The van der Waals surface area contributed by atoms with E-state index in [2.05, 4.69) is 10.4 Å². The van der Waals surface area contributed by atoms with Crippen LogP contribution in [-0.4, -0.2) is 38.4 Å². The molecule has 8 nitrogen and oxygen atoms in total. The first-order valence-corrected chi connectivity index (χ1v) is 6.97. The summed E-state index contributed by atoms with van der Waals surface area (Å²) in [5.74, 6) is -0.511. The van der Waals surface area contributed by atoms with Crippen molar-refractivity contribution >= 4 is 11.6 Å². The number of aliphatic hydroxyl groups excluding tert-OH is 1. The highest BCUT2D eigenvalue weighted by Crippen LogP contribution is 2.22. The molecule has 0 aliphatic heterocycles. The van der Waals surface area contributed by atoms with Crippen LogP contribution in [0.2, 0.25) is 0 Å². The zero-order valence-corrected chi connectivity index (χ0v) is 12.8. The van der Waals surface area contributed by atoms with Crippen LogP contribution in [0.1, 0.15) is 42.9 Å². The Balaban J connectivity index is 2.84. The molecule has 1 aromatic rings. The van der Waals surface area contributed by atoms with Crippen LogP contribution < -0.4 is 5.32 Å². The Morgan fingerprint density at radius 1 is 1.48 bits per heavy atom. The second-order valence-corrected chi connectivity index (χ2v) is 5.02. The van der Waals surface area contributed by atoms with E-state index in [1.807, 2.05) is 13.8 Å². The van der Waals surface area contributed by atoms with E-state index in [9.17, 15) is 20.0 Å². The number of hydrogen-bond acceptors (Lipinski definition) is 5. The SMILES string of the molecule is CCC(CC)C(O)CNC(=O)c1c([N+](=O)[O-])c(C)nn1C. The fourth-order valence-electron chi connectivity index (χ4n) is 2.40. The van der Waals surface area contributed by atoms with Crippen molar-refractivity contribution in [1.82, 2.24) is 15.1 Å². The smallest absolute Gasteiger partial charge is 0.322 e. The fraction of sp³-hybridized carbons (Fsp3) is 0.692. The van der Waals surface area contributed by atoms with E-state index in [1.54, 1.807) is 0 Å². The molecular formula is C13H22N4O4. The van der Waals surface area contributed by atoms with Crippen LogP contribution >= 0.6 is 0 Å².